The smallest absolute Gasteiger partial charge is 0.251 e. The van der Waals surface area contributed by atoms with Crippen molar-refractivity contribution >= 4 is 17.5 Å². The van der Waals surface area contributed by atoms with Gasteiger partial charge in [-0.25, -0.2) is 0 Å². The third kappa shape index (κ3) is 2.93. The van der Waals surface area contributed by atoms with Crippen LogP contribution in [0, 0.1) is 0 Å². The number of ether oxygens (including phenoxy) is 1. The van der Waals surface area contributed by atoms with E-state index in [-0.39, 0.29) is 11.8 Å². The lowest BCUT2D eigenvalue weighted by atomic mass is 10.1. The van der Waals surface area contributed by atoms with Gasteiger partial charge in [0.1, 0.15) is 5.75 Å². The Morgan fingerprint density at radius 1 is 1.27 bits per heavy atom. The quantitative estimate of drug-likeness (QED) is 0.908. The van der Waals surface area contributed by atoms with Gasteiger partial charge in [-0.2, -0.15) is 0 Å². The van der Waals surface area contributed by atoms with Crippen molar-refractivity contribution in [3.8, 4) is 5.75 Å². The lowest BCUT2D eigenvalue weighted by Crippen LogP contribution is -2.22. The summed E-state index contributed by atoms with van der Waals surface area (Å²) in [5.74, 6) is 0.558. The number of carbonyl (C=O) groups is 2. The van der Waals surface area contributed by atoms with Crippen LogP contribution in [0.1, 0.15) is 21.5 Å². The Hall–Kier alpha value is -2.82. The van der Waals surface area contributed by atoms with Gasteiger partial charge in [0.05, 0.1) is 13.5 Å². The van der Waals surface area contributed by atoms with E-state index in [9.17, 15) is 9.59 Å². The maximum atomic E-state index is 12.2. The SMILES string of the molecule is COc1cccc(CNC(=O)c2ccc3c(c2)CC(=O)N3)c1. The normalized spacial score (nSPS) is 12.5. The molecule has 5 nitrogen and oxygen atoms in total. The van der Waals surface area contributed by atoms with E-state index in [0.29, 0.717) is 18.5 Å². The van der Waals surface area contributed by atoms with E-state index >= 15 is 0 Å². The number of nitrogens with one attached hydrogen (secondary N) is 2. The first-order valence-electron chi connectivity index (χ1n) is 6.99. The fourth-order valence-corrected chi connectivity index (χ4v) is 2.44. The molecule has 2 N–H and O–H groups in total. The first-order chi connectivity index (χ1) is 10.7. The zero-order chi connectivity index (χ0) is 15.5. The van der Waals surface area contributed by atoms with Crippen LogP contribution in [0.3, 0.4) is 0 Å². The lowest BCUT2D eigenvalue weighted by molar-refractivity contribution is -0.115. The molecule has 0 saturated heterocycles. The van der Waals surface area contributed by atoms with Crippen LogP contribution in [-0.4, -0.2) is 18.9 Å². The minimum atomic E-state index is -0.162. The number of hydrogen-bond acceptors (Lipinski definition) is 3. The highest BCUT2D eigenvalue weighted by molar-refractivity contribution is 6.01. The van der Waals surface area contributed by atoms with Crippen LogP contribution in [-0.2, 0) is 17.8 Å². The zero-order valence-electron chi connectivity index (χ0n) is 12.2. The second-order valence-corrected chi connectivity index (χ2v) is 5.13. The van der Waals surface area contributed by atoms with E-state index in [1.165, 1.54) is 0 Å². The first kappa shape index (κ1) is 14.1. The minimum Gasteiger partial charge on any atom is -0.497 e. The summed E-state index contributed by atoms with van der Waals surface area (Å²) in [6, 6.07) is 12.8. The van der Waals surface area contributed by atoms with Crippen molar-refractivity contribution < 1.29 is 14.3 Å². The Labute approximate surface area is 128 Å². The van der Waals surface area contributed by atoms with Crippen molar-refractivity contribution in [1.82, 2.24) is 5.32 Å². The van der Waals surface area contributed by atoms with Crippen LogP contribution in [0.5, 0.6) is 5.75 Å². The van der Waals surface area contributed by atoms with Crippen LogP contribution in [0.25, 0.3) is 0 Å². The van der Waals surface area contributed by atoms with Crippen LogP contribution in [0.15, 0.2) is 42.5 Å². The first-order valence-corrected chi connectivity index (χ1v) is 6.99. The maximum Gasteiger partial charge on any atom is 0.251 e. The summed E-state index contributed by atoms with van der Waals surface area (Å²) in [6.07, 6.45) is 0.326. The highest BCUT2D eigenvalue weighted by Crippen LogP contribution is 2.23. The molecule has 0 aromatic heterocycles. The van der Waals surface area contributed by atoms with Gasteiger partial charge in [0, 0.05) is 17.8 Å². The molecule has 0 atom stereocenters. The third-order valence-corrected chi connectivity index (χ3v) is 3.58. The van der Waals surface area contributed by atoms with Gasteiger partial charge >= 0.3 is 0 Å². The summed E-state index contributed by atoms with van der Waals surface area (Å²) in [6.45, 7) is 0.421. The van der Waals surface area contributed by atoms with E-state index in [0.717, 1.165) is 22.6 Å². The molecule has 22 heavy (non-hydrogen) atoms. The number of carbonyl (C=O) groups excluding carboxylic acids is 2. The molecule has 5 heteroatoms. The van der Waals surface area contributed by atoms with Crippen molar-refractivity contribution in [3.63, 3.8) is 0 Å². The molecule has 112 valence electrons. The maximum absolute atomic E-state index is 12.2. The molecular weight excluding hydrogens is 280 g/mol. The molecule has 0 bridgehead atoms. The molecule has 1 aliphatic heterocycles. The van der Waals surface area contributed by atoms with E-state index in [1.54, 1.807) is 25.3 Å². The number of fused-ring (bicyclic) bond motifs is 1. The van der Waals surface area contributed by atoms with Gasteiger partial charge in [-0.3, -0.25) is 9.59 Å². The Kier molecular flexibility index (Phi) is 3.78. The Morgan fingerprint density at radius 3 is 2.95 bits per heavy atom. The third-order valence-electron chi connectivity index (χ3n) is 3.58. The van der Waals surface area contributed by atoms with Crippen molar-refractivity contribution in [2.75, 3.05) is 12.4 Å². The van der Waals surface area contributed by atoms with Crippen LogP contribution in [0.4, 0.5) is 5.69 Å². The number of anilines is 1. The number of amides is 2. The second kappa shape index (κ2) is 5.89. The summed E-state index contributed by atoms with van der Waals surface area (Å²) in [5, 5.41) is 5.62. The molecule has 0 radical (unpaired) electrons. The molecule has 0 fully saturated rings. The molecule has 2 amide bonds. The van der Waals surface area contributed by atoms with Gasteiger partial charge in [-0.05, 0) is 41.5 Å². The monoisotopic (exact) mass is 296 g/mol. The van der Waals surface area contributed by atoms with E-state index < -0.39 is 0 Å². The second-order valence-electron chi connectivity index (χ2n) is 5.13. The average molecular weight is 296 g/mol. The summed E-state index contributed by atoms with van der Waals surface area (Å²) in [5.41, 5.74) is 3.16. The van der Waals surface area contributed by atoms with Crippen LogP contribution in [0.2, 0.25) is 0 Å². The predicted octanol–water partition coefficient (Wildman–Crippen LogP) is 2.12. The number of methoxy groups -OCH3 is 1. The Bertz CT molecular complexity index is 740. The molecule has 0 spiro atoms. The van der Waals surface area contributed by atoms with Gasteiger partial charge in [0.2, 0.25) is 5.91 Å². The summed E-state index contributed by atoms with van der Waals surface area (Å²) < 4.78 is 5.16. The number of benzene rings is 2. The lowest BCUT2D eigenvalue weighted by Gasteiger charge is -2.08. The van der Waals surface area contributed by atoms with Crippen molar-refractivity contribution in [2.24, 2.45) is 0 Å². The van der Waals surface area contributed by atoms with Gasteiger partial charge in [0.15, 0.2) is 0 Å². The highest BCUT2D eigenvalue weighted by atomic mass is 16.5. The molecule has 1 aliphatic rings. The summed E-state index contributed by atoms with van der Waals surface area (Å²) in [4.78, 5) is 23.5. The van der Waals surface area contributed by atoms with Gasteiger partial charge < -0.3 is 15.4 Å². The van der Waals surface area contributed by atoms with E-state index in [1.807, 2.05) is 24.3 Å². The van der Waals surface area contributed by atoms with Crippen molar-refractivity contribution in [2.45, 2.75) is 13.0 Å². The van der Waals surface area contributed by atoms with E-state index in [2.05, 4.69) is 10.6 Å². The molecule has 3 rings (SSSR count). The fraction of sp³-hybridized carbons (Fsp3) is 0.176. The topological polar surface area (TPSA) is 67.4 Å². The zero-order valence-corrected chi connectivity index (χ0v) is 12.2. The fourth-order valence-electron chi connectivity index (χ4n) is 2.44. The summed E-state index contributed by atoms with van der Waals surface area (Å²) >= 11 is 0. The van der Waals surface area contributed by atoms with Gasteiger partial charge in [-0.1, -0.05) is 12.1 Å². The molecule has 0 aliphatic carbocycles. The van der Waals surface area contributed by atoms with E-state index in [4.69, 9.17) is 4.74 Å². The number of rotatable bonds is 4. The standard InChI is InChI=1S/C17H16N2O3/c1-22-14-4-2-3-11(7-14)10-18-17(21)12-5-6-15-13(8-12)9-16(20)19-15/h2-8H,9-10H2,1H3,(H,18,21)(H,19,20). The van der Waals surface area contributed by atoms with Crippen LogP contribution < -0.4 is 15.4 Å². The van der Waals surface area contributed by atoms with Gasteiger partial charge in [-0.15, -0.1) is 0 Å². The Balaban J connectivity index is 1.67. The van der Waals surface area contributed by atoms with Crippen molar-refractivity contribution in [3.05, 3.63) is 59.2 Å². The van der Waals surface area contributed by atoms with Crippen molar-refractivity contribution in [1.29, 1.82) is 0 Å². The highest BCUT2D eigenvalue weighted by Gasteiger charge is 2.18. The molecule has 2 aromatic carbocycles. The number of hydrogen-bond donors (Lipinski definition) is 2. The average Bonchev–Trinajstić information content (AvgIpc) is 2.91. The van der Waals surface area contributed by atoms with Crippen LogP contribution >= 0.6 is 0 Å². The largest absolute Gasteiger partial charge is 0.497 e. The molecular formula is C17H16N2O3. The predicted molar refractivity (Wildman–Crippen MR) is 82.9 cm³/mol. The summed E-state index contributed by atoms with van der Waals surface area (Å²) in [7, 11) is 1.61. The molecule has 0 saturated carbocycles. The molecule has 1 heterocycles. The Morgan fingerprint density at radius 2 is 2.14 bits per heavy atom. The minimum absolute atomic E-state index is 0.0380. The molecule has 2 aromatic rings. The molecule has 0 unspecified atom stereocenters. The van der Waals surface area contributed by atoms with Gasteiger partial charge in [0.25, 0.3) is 5.91 Å².